The summed E-state index contributed by atoms with van der Waals surface area (Å²) in [5.74, 6) is 0.638. The predicted molar refractivity (Wildman–Crippen MR) is 79.2 cm³/mol. The number of hydrogen-bond donors (Lipinski definition) is 0. The summed E-state index contributed by atoms with van der Waals surface area (Å²) in [5, 5.41) is 0.731. The Morgan fingerprint density at radius 2 is 2.00 bits per heavy atom. The zero-order chi connectivity index (χ0) is 13.9. The molecule has 0 aromatic heterocycles. The maximum absolute atomic E-state index is 11.6. The van der Waals surface area contributed by atoms with E-state index in [9.17, 15) is 8.42 Å². The van der Waals surface area contributed by atoms with Gasteiger partial charge in [0, 0.05) is 17.6 Å². The van der Waals surface area contributed by atoms with Crippen molar-refractivity contribution in [2.75, 3.05) is 18.1 Å². The third-order valence-corrected chi connectivity index (χ3v) is 5.54. The van der Waals surface area contributed by atoms with Gasteiger partial charge in [-0.3, -0.25) is 4.90 Å². The van der Waals surface area contributed by atoms with Crippen LogP contribution in [0.4, 0.5) is 0 Å². The molecule has 0 amide bonds. The average molecular weight is 302 g/mol. The molecule has 1 aliphatic rings. The van der Waals surface area contributed by atoms with Crippen molar-refractivity contribution < 1.29 is 8.42 Å². The predicted octanol–water partition coefficient (Wildman–Crippen LogP) is 2.74. The molecule has 1 heterocycles. The van der Waals surface area contributed by atoms with Crippen LogP contribution in [0, 0.1) is 0 Å². The van der Waals surface area contributed by atoms with Crippen LogP contribution in [0.2, 0.25) is 5.02 Å². The second kappa shape index (κ2) is 6.25. The summed E-state index contributed by atoms with van der Waals surface area (Å²) >= 11 is 5.88. The van der Waals surface area contributed by atoms with Crippen molar-refractivity contribution in [1.82, 2.24) is 4.90 Å². The van der Waals surface area contributed by atoms with E-state index in [1.807, 2.05) is 24.3 Å². The summed E-state index contributed by atoms with van der Waals surface area (Å²) in [6.07, 6.45) is 1.79. The van der Waals surface area contributed by atoms with Gasteiger partial charge in [0.05, 0.1) is 11.5 Å². The summed E-state index contributed by atoms with van der Waals surface area (Å²) < 4.78 is 23.2. The van der Waals surface area contributed by atoms with E-state index in [1.165, 1.54) is 5.56 Å². The molecule has 0 N–H and O–H groups in total. The SMILES string of the molecule is CCCN(Cc1ccc(Cl)cc1)C1CCS(=O)(=O)C1. The molecular weight excluding hydrogens is 282 g/mol. The lowest BCUT2D eigenvalue weighted by Gasteiger charge is -2.27. The number of halogens is 1. The van der Waals surface area contributed by atoms with Crippen molar-refractivity contribution in [2.24, 2.45) is 0 Å². The van der Waals surface area contributed by atoms with Crippen LogP contribution in [0.25, 0.3) is 0 Å². The highest BCUT2D eigenvalue weighted by molar-refractivity contribution is 7.91. The first-order valence-electron chi connectivity index (χ1n) is 6.69. The van der Waals surface area contributed by atoms with E-state index < -0.39 is 9.84 Å². The summed E-state index contributed by atoms with van der Waals surface area (Å²) in [5.41, 5.74) is 1.18. The molecule has 1 atom stereocenters. The molecule has 3 nitrogen and oxygen atoms in total. The zero-order valence-corrected chi connectivity index (χ0v) is 12.8. The Kier molecular flexibility index (Phi) is 4.87. The maximum Gasteiger partial charge on any atom is 0.151 e. The summed E-state index contributed by atoms with van der Waals surface area (Å²) in [4.78, 5) is 2.29. The number of hydrogen-bond acceptors (Lipinski definition) is 3. The lowest BCUT2D eigenvalue weighted by atomic mass is 10.1. The first kappa shape index (κ1) is 14.8. The molecule has 19 heavy (non-hydrogen) atoms. The minimum Gasteiger partial charge on any atom is -0.295 e. The van der Waals surface area contributed by atoms with E-state index in [0.29, 0.717) is 11.5 Å². The van der Waals surface area contributed by atoms with E-state index >= 15 is 0 Å². The molecule has 1 aromatic carbocycles. The standard InChI is InChI=1S/C14H20ClNO2S/c1-2-8-16(14-7-9-19(17,18)11-14)10-12-3-5-13(15)6-4-12/h3-6,14H,2,7-11H2,1H3. The fourth-order valence-corrected chi connectivity index (χ4v) is 4.45. The Balaban J connectivity index is 2.06. The Bertz CT molecular complexity index is 513. The van der Waals surface area contributed by atoms with Gasteiger partial charge in [-0.1, -0.05) is 30.7 Å². The molecule has 1 unspecified atom stereocenters. The van der Waals surface area contributed by atoms with Crippen LogP contribution < -0.4 is 0 Å². The number of nitrogens with zero attached hydrogens (tertiary/aromatic N) is 1. The van der Waals surface area contributed by atoms with Crippen LogP contribution in [0.3, 0.4) is 0 Å². The fraction of sp³-hybridized carbons (Fsp3) is 0.571. The average Bonchev–Trinajstić information content (AvgIpc) is 2.72. The van der Waals surface area contributed by atoms with E-state index in [-0.39, 0.29) is 6.04 Å². The van der Waals surface area contributed by atoms with Gasteiger partial charge in [0.25, 0.3) is 0 Å². The lowest BCUT2D eigenvalue weighted by Crippen LogP contribution is -2.36. The topological polar surface area (TPSA) is 37.4 Å². The van der Waals surface area contributed by atoms with Crippen LogP contribution >= 0.6 is 11.6 Å². The quantitative estimate of drug-likeness (QED) is 0.839. The van der Waals surface area contributed by atoms with Gasteiger partial charge in [0.1, 0.15) is 0 Å². The van der Waals surface area contributed by atoms with E-state index in [1.54, 1.807) is 0 Å². The smallest absolute Gasteiger partial charge is 0.151 e. The van der Waals surface area contributed by atoms with Crippen molar-refractivity contribution in [3.63, 3.8) is 0 Å². The highest BCUT2D eigenvalue weighted by Gasteiger charge is 2.31. The second-order valence-electron chi connectivity index (χ2n) is 5.15. The molecule has 0 radical (unpaired) electrons. The van der Waals surface area contributed by atoms with Crippen molar-refractivity contribution >= 4 is 21.4 Å². The lowest BCUT2D eigenvalue weighted by molar-refractivity contribution is 0.204. The van der Waals surface area contributed by atoms with Gasteiger partial charge in [-0.25, -0.2) is 8.42 Å². The summed E-state index contributed by atoms with van der Waals surface area (Å²) in [7, 11) is -2.82. The Labute approximate surface area is 120 Å². The molecular formula is C14H20ClNO2S. The van der Waals surface area contributed by atoms with Gasteiger partial charge < -0.3 is 0 Å². The molecule has 106 valence electrons. The van der Waals surface area contributed by atoms with Gasteiger partial charge in [-0.2, -0.15) is 0 Å². The van der Waals surface area contributed by atoms with Crippen LogP contribution in [0.5, 0.6) is 0 Å². The van der Waals surface area contributed by atoms with Gasteiger partial charge >= 0.3 is 0 Å². The van der Waals surface area contributed by atoms with Crippen LogP contribution in [-0.4, -0.2) is 37.4 Å². The fourth-order valence-electron chi connectivity index (χ4n) is 2.57. The molecule has 5 heteroatoms. The molecule has 0 aliphatic carbocycles. The van der Waals surface area contributed by atoms with Crippen molar-refractivity contribution in [3.05, 3.63) is 34.9 Å². The number of benzene rings is 1. The second-order valence-corrected chi connectivity index (χ2v) is 7.82. The van der Waals surface area contributed by atoms with Crippen molar-refractivity contribution in [3.8, 4) is 0 Å². The third-order valence-electron chi connectivity index (χ3n) is 3.53. The van der Waals surface area contributed by atoms with E-state index in [2.05, 4.69) is 11.8 Å². The Morgan fingerprint density at radius 1 is 1.32 bits per heavy atom. The first-order valence-corrected chi connectivity index (χ1v) is 8.89. The van der Waals surface area contributed by atoms with Crippen LogP contribution in [-0.2, 0) is 16.4 Å². The number of rotatable bonds is 5. The number of sulfone groups is 1. The van der Waals surface area contributed by atoms with Gasteiger partial charge in [-0.15, -0.1) is 0 Å². The Hall–Kier alpha value is -0.580. The Morgan fingerprint density at radius 3 is 2.53 bits per heavy atom. The third kappa shape index (κ3) is 4.20. The highest BCUT2D eigenvalue weighted by Crippen LogP contribution is 2.21. The van der Waals surface area contributed by atoms with Gasteiger partial charge in [0.15, 0.2) is 9.84 Å². The van der Waals surface area contributed by atoms with E-state index in [0.717, 1.165) is 31.0 Å². The van der Waals surface area contributed by atoms with Crippen molar-refractivity contribution in [2.45, 2.75) is 32.4 Å². The normalized spacial score (nSPS) is 21.9. The first-order chi connectivity index (χ1) is 9.00. The van der Waals surface area contributed by atoms with Crippen molar-refractivity contribution in [1.29, 1.82) is 0 Å². The van der Waals surface area contributed by atoms with Crippen LogP contribution in [0.15, 0.2) is 24.3 Å². The molecule has 2 rings (SSSR count). The minimum atomic E-state index is -2.82. The molecule has 1 aromatic rings. The minimum absolute atomic E-state index is 0.167. The maximum atomic E-state index is 11.6. The molecule has 0 saturated carbocycles. The molecule has 0 spiro atoms. The zero-order valence-electron chi connectivity index (χ0n) is 11.2. The van der Waals surface area contributed by atoms with Gasteiger partial charge in [0.2, 0.25) is 0 Å². The summed E-state index contributed by atoms with van der Waals surface area (Å²) in [6, 6.07) is 7.95. The largest absolute Gasteiger partial charge is 0.295 e. The molecule has 1 aliphatic heterocycles. The van der Waals surface area contributed by atoms with Crippen LogP contribution in [0.1, 0.15) is 25.3 Å². The summed E-state index contributed by atoms with van der Waals surface area (Å²) in [6.45, 7) is 3.85. The van der Waals surface area contributed by atoms with Gasteiger partial charge in [-0.05, 0) is 37.1 Å². The molecule has 1 saturated heterocycles. The molecule has 1 fully saturated rings. The highest BCUT2D eigenvalue weighted by atomic mass is 35.5. The molecule has 0 bridgehead atoms. The van der Waals surface area contributed by atoms with E-state index in [4.69, 9.17) is 11.6 Å². The monoisotopic (exact) mass is 301 g/mol.